The van der Waals surface area contributed by atoms with Crippen molar-refractivity contribution in [2.75, 3.05) is 6.61 Å². The SMILES string of the molecule is N#Cc1ccccc1OCC(=O)OCc1ccccc1[N+](=O)[O-]. The maximum atomic E-state index is 11.7. The van der Waals surface area contributed by atoms with Crippen LogP contribution in [0, 0.1) is 21.4 Å². The normalized spacial score (nSPS) is 9.70. The number of esters is 1. The lowest BCUT2D eigenvalue weighted by Crippen LogP contribution is -2.15. The van der Waals surface area contributed by atoms with E-state index in [0.29, 0.717) is 11.1 Å². The summed E-state index contributed by atoms with van der Waals surface area (Å²) in [5, 5.41) is 19.8. The average molecular weight is 312 g/mol. The molecule has 23 heavy (non-hydrogen) atoms. The zero-order valence-electron chi connectivity index (χ0n) is 12.0. The molecular weight excluding hydrogens is 300 g/mol. The number of hydrogen-bond donors (Lipinski definition) is 0. The quantitative estimate of drug-likeness (QED) is 0.461. The van der Waals surface area contributed by atoms with E-state index in [0.717, 1.165) is 0 Å². The summed E-state index contributed by atoms with van der Waals surface area (Å²) in [6, 6.07) is 14.4. The van der Waals surface area contributed by atoms with E-state index in [1.54, 1.807) is 30.3 Å². The zero-order valence-corrected chi connectivity index (χ0v) is 12.0. The van der Waals surface area contributed by atoms with E-state index in [1.165, 1.54) is 18.2 Å². The van der Waals surface area contributed by atoms with Crippen LogP contribution in [0.3, 0.4) is 0 Å². The molecule has 2 aromatic rings. The van der Waals surface area contributed by atoms with Gasteiger partial charge in [0.05, 0.1) is 16.1 Å². The molecule has 0 aliphatic carbocycles. The third-order valence-electron chi connectivity index (χ3n) is 2.93. The van der Waals surface area contributed by atoms with E-state index in [9.17, 15) is 14.9 Å². The molecule has 0 saturated carbocycles. The molecule has 0 heterocycles. The van der Waals surface area contributed by atoms with E-state index < -0.39 is 10.9 Å². The summed E-state index contributed by atoms with van der Waals surface area (Å²) in [6.07, 6.45) is 0. The number of nitro groups is 1. The number of nitrogens with zero attached hydrogens (tertiary/aromatic N) is 2. The van der Waals surface area contributed by atoms with Crippen molar-refractivity contribution < 1.29 is 19.2 Å². The minimum absolute atomic E-state index is 0.115. The summed E-state index contributed by atoms with van der Waals surface area (Å²) in [5.74, 6) is -0.409. The highest BCUT2D eigenvalue weighted by Crippen LogP contribution is 2.19. The minimum Gasteiger partial charge on any atom is -0.481 e. The van der Waals surface area contributed by atoms with Crippen molar-refractivity contribution in [3.8, 4) is 11.8 Å². The van der Waals surface area contributed by atoms with Crippen LogP contribution in [0.25, 0.3) is 0 Å². The molecule has 2 aromatic carbocycles. The molecule has 0 amide bonds. The average Bonchev–Trinajstić information content (AvgIpc) is 2.58. The van der Waals surface area contributed by atoms with Gasteiger partial charge in [0.25, 0.3) is 5.69 Å². The Morgan fingerprint density at radius 1 is 1.17 bits per heavy atom. The van der Waals surface area contributed by atoms with Crippen LogP contribution in [0.4, 0.5) is 5.69 Å². The number of hydrogen-bond acceptors (Lipinski definition) is 6. The van der Waals surface area contributed by atoms with Gasteiger partial charge in [0.1, 0.15) is 18.4 Å². The van der Waals surface area contributed by atoms with E-state index in [2.05, 4.69) is 0 Å². The second-order valence-corrected chi connectivity index (χ2v) is 4.44. The summed E-state index contributed by atoms with van der Waals surface area (Å²) in [5.41, 5.74) is 0.485. The maximum Gasteiger partial charge on any atom is 0.344 e. The van der Waals surface area contributed by atoms with Gasteiger partial charge in [-0.2, -0.15) is 5.26 Å². The van der Waals surface area contributed by atoms with Crippen LogP contribution < -0.4 is 4.74 Å². The Kier molecular flexibility index (Phi) is 5.25. The lowest BCUT2D eigenvalue weighted by atomic mass is 10.2. The van der Waals surface area contributed by atoms with Gasteiger partial charge in [-0.05, 0) is 18.2 Å². The molecule has 0 N–H and O–H groups in total. The van der Waals surface area contributed by atoms with Gasteiger partial charge in [-0.25, -0.2) is 4.79 Å². The topological polar surface area (TPSA) is 102 Å². The predicted octanol–water partition coefficient (Wildman–Crippen LogP) is 2.59. The molecule has 0 atom stereocenters. The molecule has 2 rings (SSSR count). The molecular formula is C16H12N2O5. The number of rotatable bonds is 6. The Bertz CT molecular complexity index is 767. The third-order valence-corrected chi connectivity index (χ3v) is 2.93. The van der Waals surface area contributed by atoms with Crippen molar-refractivity contribution >= 4 is 11.7 Å². The number of ether oxygens (including phenoxy) is 2. The van der Waals surface area contributed by atoms with Crippen molar-refractivity contribution in [1.82, 2.24) is 0 Å². The second kappa shape index (κ2) is 7.56. The summed E-state index contributed by atoms with van der Waals surface area (Å²) in [4.78, 5) is 22.0. The highest BCUT2D eigenvalue weighted by atomic mass is 16.6. The zero-order chi connectivity index (χ0) is 16.7. The predicted molar refractivity (Wildman–Crippen MR) is 79.5 cm³/mol. The fraction of sp³-hybridized carbons (Fsp3) is 0.125. The van der Waals surface area contributed by atoms with Gasteiger partial charge in [0.2, 0.25) is 0 Å². The van der Waals surface area contributed by atoms with E-state index in [-0.39, 0.29) is 24.7 Å². The van der Waals surface area contributed by atoms with Gasteiger partial charge in [0, 0.05) is 6.07 Å². The monoisotopic (exact) mass is 312 g/mol. The van der Waals surface area contributed by atoms with Crippen LogP contribution in [0.2, 0.25) is 0 Å². The molecule has 0 radical (unpaired) electrons. The van der Waals surface area contributed by atoms with Gasteiger partial charge in [-0.3, -0.25) is 10.1 Å². The standard InChI is InChI=1S/C16H12N2O5/c17-9-12-5-2-4-8-15(12)22-11-16(19)23-10-13-6-1-3-7-14(13)18(20)21/h1-8H,10-11H2. The number of para-hydroxylation sites is 2. The lowest BCUT2D eigenvalue weighted by molar-refractivity contribution is -0.385. The van der Waals surface area contributed by atoms with E-state index in [1.807, 2.05) is 6.07 Å². The first kappa shape index (κ1) is 16.0. The van der Waals surface area contributed by atoms with Gasteiger partial charge in [-0.1, -0.05) is 24.3 Å². The Balaban J connectivity index is 1.91. The summed E-state index contributed by atoms with van der Waals surface area (Å²) in [7, 11) is 0. The molecule has 0 spiro atoms. The fourth-order valence-corrected chi connectivity index (χ4v) is 1.83. The minimum atomic E-state index is -0.684. The van der Waals surface area contributed by atoms with Gasteiger partial charge >= 0.3 is 5.97 Å². The van der Waals surface area contributed by atoms with Gasteiger partial charge < -0.3 is 9.47 Å². The first-order chi connectivity index (χ1) is 11.1. The van der Waals surface area contributed by atoms with Crippen LogP contribution in [0.15, 0.2) is 48.5 Å². The van der Waals surface area contributed by atoms with E-state index >= 15 is 0 Å². The second-order valence-electron chi connectivity index (χ2n) is 4.44. The molecule has 7 nitrogen and oxygen atoms in total. The van der Waals surface area contributed by atoms with Crippen LogP contribution >= 0.6 is 0 Å². The highest BCUT2D eigenvalue weighted by molar-refractivity contribution is 5.71. The third kappa shape index (κ3) is 4.28. The van der Waals surface area contributed by atoms with Crippen LogP contribution in [0.5, 0.6) is 5.75 Å². The number of carbonyl (C=O) groups is 1. The Hall–Kier alpha value is -3.40. The van der Waals surface area contributed by atoms with Crippen LogP contribution in [-0.2, 0) is 16.1 Å². The number of nitro benzene ring substituents is 1. The largest absolute Gasteiger partial charge is 0.481 e. The molecule has 0 bridgehead atoms. The molecule has 116 valence electrons. The highest BCUT2D eigenvalue weighted by Gasteiger charge is 2.14. The van der Waals surface area contributed by atoms with Gasteiger partial charge in [0.15, 0.2) is 6.61 Å². The molecule has 0 saturated heterocycles. The Morgan fingerprint density at radius 2 is 1.87 bits per heavy atom. The Labute approximate surface area is 131 Å². The molecule has 7 heteroatoms. The van der Waals surface area contributed by atoms with E-state index in [4.69, 9.17) is 14.7 Å². The number of nitriles is 1. The smallest absolute Gasteiger partial charge is 0.344 e. The van der Waals surface area contributed by atoms with Crippen molar-refractivity contribution in [2.24, 2.45) is 0 Å². The fourth-order valence-electron chi connectivity index (χ4n) is 1.83. The summed E-state index contributed by atoms with van der Waals surface area (Å²) < 4.78 is 10.2. The van der Waals surface area contributed by atoms with Crippen LogP contribution in [0.1, 0.15) is 11.1 Å². The van der Waals surface area contributed by atoms with Crippen molar-refractivity contribution in [3.05, 3.63) is 69.8 Å². The number of benzene rings is 2. The molecule has 0 aliphatic rings. The van der Waals surface area contributed by atoms with Crippen molar-refractivity contribution in [1.29, 1.82) is 5.26 Å². The van der Waals surface area contributed by atoms with Crippen LogP contribution in [-0.4, -0.2) is 17.5 Å². The summed E-state index contributed by atoms with van der Waals surface area (Å²) in [6.45, 7) is -0.613. The van der Waals surface area contributed by atoms with Crippen molar-refractivity contribution in [2.45, 2.75) is 6.61 Å². The first-order valence-corrected chi connectivity index (χ1v) is 6.61. The number of carbonyl (C=O) groups excluding carboxylic acids is 1. The lowest BCUT2D eigenvalue weighted by Gasteiger charge is -2.08. The molecule has 0 unspecified atom stereocenters. The molecule has 0 aromatic heterocycles. The first-order valence-electron chi connectivity index (χ1n) is 6.61. The summed E-state index contributed by atoms with van der Waals surface area (Å²) >= 11 is 0. The molecule has 0 aliphatic heterocycles. The maximum absolute atomic E-state index is 11.7. The Morgan fingerprint density at radius 3 is 2.61 bits per heavy atom. The van der Waals surface area contributed by atoms with Crippen molar-refractivity contribution in [3.63, 3.8) is 0 Å². The van der Waals surface area contributed by atoms with Gasteiger partial charge in [-0.15, -0.1) is 0 Å². The molecule has 0 fully saturated rings.